The first-order valence-corrected chi connectivity index (χ1v) is 18.0. The highest BCUT2D eigenvalue weighted by Gasteiger charge is 2.44. The van der Waals surface area contributed by atoms with Crippen molar-refractivity contribution < 1.29 is 41.6 Å². The number of hydrogen-bond donors (Lipinski definition) is 2. The number of aromatic nitrogens is 2. The van der Waals surface area contributed by atoms with Gasteiger partial charge in [-0.05, 0) is 70.5 Å². The van der Waals surface area contributed by atoms with Crippen LogP contribution in [0.1, 0.15) is 89.5 Å². The van der Waals surface area contributed by atoms with Crippen LogP contribution in [0, 0.1) is 0 Å². The maximum absolute atomic E-state index is 14.3. The fourth-order valence-electron chi connectivity index (χ4n) is 5.71. The summed E-state index contributed by atoms with van der Waals surface area (Å²) in [5.74, 6) is -0.297. The Hall–Kier alpha value is -4.43. The molecule has 1 aliphatic rings. The van der Waals surface area contributed by atoms with E-state index in [4.69, 9.17) is 14.2 Å². The topological polar surface area (TPSA) is 166 Å². The summed E-state index contributed by atoms with van der Waals surface area (Å²) < 4.78 is 52.3. The van der Waals surface area contributed by atoms with E-state index in [2.05, 4.69) is 17.2 Å². The second kappa shape index (κ2) is 16.3. The van der Waals surface area contributed by atoms with Gasteiger partial charge in [0.25, 0.3) is 16.0 Å². The number of imidazole rings is 1. The van der Waals surface area contributed by atoms with Gasteiger partial charge >= 0.3 is 5.97 Å². The first-order valence-electron chi connectivity index (χ1n) is 16.5. The lowest BCUT2D eigenvalue weighted by atomic mass is 10.1. The number of hydrogen-bond acceptors (Lipinski definition) is 9. The zero-order valence-electron chi connectivity index (χ0n) is 28.6. The second-order valence-electron chi connectivity index (χ2n) is 12.9. The summed E-state index contributed by atoms with van der Waals surface area (Å²) in [6.07, 6.45) is 6.73. The number of nitrogens with zero attached hydrogens (tertiary/aromatic N) is 3. The number of anilines is 1. The molecule has 2 unspecified atom stereocenters. The molecule has 2 N–H and O–H groups in total. The molecule has 266 valence electrons. The number of amides is 2. The number of unbranched alkanes of at least 4 members (excludes halogenated alkanes) is 3. The molecule has 0 aliphatic carbocycles. The van der Waals surface area contributed by atoms with Crippen molar-refractivity contribution in [2.24, 2.45) is 0 Å². The van der Waals surface area contributed by atoms with E-state index in [0.717, 1.165) is 31.7 Å². The number of ether oxygens (including phenoxy) is 3. The van der Waals surface area contributed by atoms with Gasteiger partial charge in [-0.25, -0.2) is 9.78 Å². The Labute approximate surface area is 287 Å². The van der Waals surface area contributed by atoms with Gasteiger partial charge in [-0.3, -0.25) is 14.1 Å². The van der Waals surface area contributed by atoms with Crippen LogP contribution in [0.2, 0.25) is 0 Å². The van der Waals surface area contributed by atoms with Gasteiger partial charge in [-0.1, -0.05) is 44.7 Å². The van der Waals surface area contributed by atoms with Crippen LogP contribution < -0.4 is 14.8 Å². The minimum absolute atomic E-state index is 0.0740. The number of benzene rings is 2. The summed E-state index contributed by atoms with van der Waals surface area (Å²) in [4.78, 5) is 45.7. The Kier molecular flexibility index (Phi) is 12.4. The first-order chi connectivity index (χ1) is 23.2. The Balaban J connectivity index is 1.56. The highest BCUT2D eigenvalue weighted by Crippen LogP contribution is 2.30. The van der Waals surface area contributed by atoms with Gasteiger partial charge in [-0.2, -0.15) is 8.42 Å². The molecule has 0 saturated carbocycles. The van der Waals surface area contributed by atoms with Crippen LogP contribution >= 0.6 is 0 Å². The highest BCUT2D eigenvalue weighted by atomic mass is 32.2. The van der Waals surface area contributed by atoms with Crippen molar-refractivity contribution in [3.8, 4) is 11.5 Å². The minimum Gasteiger partial charge on any atom is -0.488 e. The normalized spacial score (nSPS) is 17.0. The molecule has 3 atom stereocenters. The molecule has 2 heterocycles. The maximum atomic E-state index is 14.3. The average molecular weight is 699 g/mol. The fraction of sp³-hybridized carbons (Fsp3) is 0.486. The summed E-state index contributed by atoms with van der Waals surface area (Å²) in [7, 11) is -4.65. The summed E-state index contributed by atoms with van der Waals surface area (Å²) in [6.45, 7) is 9.99. The predicted octanol–water partition coefficient (Wildman–Crippen LogP) is 5.68. The molecule has 1 saturated heterocycles. The van der Waals surface area contributed by atoms with E-state index in [1.54, 1.807) is 23.6 Å². The summed E-state index contributed by atoms with van der Waals surface area (Å²) >= 11 is 0. The maximum Gasteiger partial charge on any atom is 0.328 e. The van der Waals surface area contributed by atoms with Crippen molar-refractivity contribution >= 4 is 33.7 Å². The van der Waals surface area contributed by atoms with Gasteiger partial charge in [0, 0.05) is 12.6 Å². The molecule has 2 amide bonds. The monoisotopic (exact) mass is 698 g/mol. The smallest absolute Gasteiger partial charge is 0.328 e. The second-order valence-corrected chi connectivity index (χ2v) is 14.3. The Morgan fingerprint density at radius 1 is 1.02 bits per heavy atom. The van der Waals surface area contributed by atoms with Crippen molar-refractivity contribution in [2.75, 3.05) is 18.5 Å². The molecule has 2 aromatic carbocycles. The number of carbonyl (C=O) groups is 3. The van der Waals surface area contributed by atoms with Crippen molar-refractivity contribution in [2.45, 2.75) is 102 Å². The largest absolute Gasteiger partial charge is 0.488 e. The molecule has 14 heteroatoms. The van der Waals surface area contributed by atoms with E-state index in [1.807, 2.05) is 32.9 Å². The third-order valence-corrected chi connectivity index (χ3v) is 8.80. The molecule has 4 rings (SSSR count). The van der Waals surface area contributed by atoms with Crippen LogP contribution in [0.5, 0.6) is 11.5 Å². The molecule has 1 aromatic heterocycles. The molecule has 13 nitrogen and oxygen atoms in total. The third kappa shape index (κ3) is 10.3. The lowest BCUT2D eigenvalue weighted by Gasteiger charge is -2.28. The predicted molar refractivity (Wildman–Crippen MR) is 182 cm³/mol. The average Bonchev–Trinajstić information content (AvgIpc) is 3.68. The molecular formula is C35H46N4O9S. The van der Waals surface area contributed by atoms with E-state index >= 15 is 0 Å². The van der Waals surface area contributed by atoms with Crippen LogP contribution in [-0.2, 0) is 24.4 Å². The van der Waals surface area contributed by atoms with Gasteiger partial charge in [-0.15, -0.1) is 0 Å². The summed E-state index contributed by atoms with van der Waals surface area (Å²) in [5.41, 5.74) is -0.617. The SMILES string of the molecule is CCCCCCC(C(=O)N1CC(Oc2ccc(OC(C)(C)C)cc2)C[C@H]1C(=O)OCC)n1cnc(NC(=O)c2ccccc2S(=O)(=O)O)c1. The lowest BCUT2D eigenvalue weighted by molar-refractivity contribution is -0.154. The zero-order valence-corrected chi connectivity index (χ0v) is 29.4. The lowest BCUT2D eigenvalue weighted by Crippen LogP contribution is -2.45. The van der Waals surface area contributed by atoms with Crippen LogP contribution in [0.4, 0.5) is 5.82 Å². The van der Waals surface area contributed by atoms with E-state index < -0.39 is 45.1 Å². The van der Waals surface area contributed by atoms with Crippen LogP contribution in [0.15, 0.2) is 66.0 Å². The molecule has 1 aliphatic heterocycles. The number of esters is 1. The molecular weight excluding hydrogens is 652 g/mol. The summed E-state index contributed by atoms with van der Waals surface area (Å²) in [6, 6.07) is 10.8. The van der Waals surface area contributed by atoms with Crippen molar-refractivity contribution in [3.05, 3.63) is 66.6 Å². The van der Waals surface area contributed by atoms with E-state index in [0.29, 0.717) is 17.9 Å². The number of rotatable bonds is 15. The van der Waals surface area contributed by atoms with Crippen molar-refractivity contribution in [1.82, 2.24) is 14.5 Å². The Morgan fingerprint density at radius 2 is 1.71 bits per heavy atom. The van der Waals surface area contributed by atoms with Gasteiger partial charge in [0.1, 0.15) is 40.2 Å². The Bertz CT molecular complexity index is 1700. The molecule has 0 spiro atoms. The van der Waals surface area contributed by atoms with Crippen molar-refractivity contribution in [3.63, 3.8) is 0 Å². The summed E-state index contributed by atoms with van der Waals surface area (Å²) in [5, 5.41) is 2.55. The molecule has 3 aromatic rings. The standard InChI is InChI=1S/C35H46N4O9S/c1-6-8-9-10-14-28(38-22-31(36-23-38)37-32(40)27-13-11-12-15-30(27)49(43,44)45)33(41)39-21-26(20-29(39)34(42)46-7-2)47-24-16-18-25(19-17-24)48-35(3,4)5/h11-13,15-19,22-23,26,28-29H,6-10,14,20-21H2,1-5H3,(H,37,40)(H,43,44,45)/t26?,28?,29-/m0/s1. The first kappa shape index (κ1) is 37.4. The van der Waals surface area contributed by atoms with Crippen LogP contribution in [0.3, 0.4) is 0 Å². The quantitative estimate of drug-likeness (QED) is 0.115. The van der Waals surface area contributed by atoms with Gasteiger partial charge < -0.3 is 29.0 Å². The third-order valence-electron chi connectivity index (χ3n) is 7.88. The molecule has 0 bridgehead atoms. The van der Waals surface area contributed by atoms with E-state index in [-0.39, 0.29) is 42.5 Å². The van der Waals surface area contributed by atoms with Gasteiger partial charge in [0.15, 0.2) is 5.82 Å². The van der Waals surface area contributed by atoms with Crippen molar-refractivity contribution in [1.29, 1.82) is 0 Å². The number of carbonyl (C=O) groups excluding carboxylic acids is 3. The van der Waals surface area contributed by atoms with Crippen LogP contribution in [-0.4, -0.2) is 76.1 Å². The van der Waals surface area contributed by atoms with E-state index in [9.17, 15) is 27.4 Å². The van der Waals surface area contributed by atoms with Gasteiger partial charge in [0.2, 0.25) is 5.91 Å². The highest BCUT2D eigenvalue weighted by molar-refractivity contribution is 7.86. The number of nitrogens with one attached hydrogen (secondary N) is 1. The molecule has 49 heavy (non-hydrogen) atoms. The zero-order chi connectivity index (χ0) is 35.8. The minimum atomic E-state index is -4.65. The number of likely N-dealkylation sites (tertiary alicyclic amines) is 1. The molecule has 1 fully saturated rings. The Morgan fingerprint density at radius 3 is 2.37 bits per heavy atom. The van der Waals surface area contributed by atoms with Gasteiger partial charge in [0.05, 0.1) is 25.0 Å². The molecule has 0 radical (unpaired) electrons. The van der Waals surface area contributed by atoms with Crippen LogP contribution in [0.25, 0.3) is 0 Å². The van der Waals surface area contributed by atoms with E-state index in [1.165, 1.54) is 35.6 Å². The fourth-order valence-corrected chi connectivity index (χ4v) is 6.40.